The molecule has 0 fully saturated rings. The van der Waals surface area contributed by atoms with Gasteiger partial charge in [0.1, 0.15) is 5.65 Å². The number of aromatic nitrogens is 2. The van der Waals surface area contributed by atoms with Crippen LogP contribution in [0.1, 0.15) is 43.1 Å². The van der Waals surface area contributed by atoms with Gasteiger partial charge < -0.3 is 4.40 Å². The molecule has 0 saturated carbocycles. The van der Waals surface area contributed by atoms with Crippen molar-refractivity contribution < 1.29 is 0 Å². The molecule has 2 heterocycles. The molecule has 2 aromatic heterocycles. The molecule has 0 bridgehead atoms. The third kappa shape index (κ3) is 1.71. The van der Waals surface area contributed by atoms with E-state index in [2.05, 4.69) is 53.4 Å². The third-order valence-electron chi connectivity index (χ3n) is 3.78. The van der Waals surface area contributed by atoms with Gasteiger partial charge in [0.05, 0.1) is 5.69 Å². The lowest BCUT2D eigenvalue weighted by atomic mass is 9.84. The molecule has 3 heteroatoms. The fraction of sp³-hybridized carbons (Fsp3) is 0.500. The van der Waals surface area contributed by atoms with Gasteiger partial charge in [-0.15, -0.1) is 0 Å². The van der Waals surface area contributed by atoms with Crippen LogP contribution in [-0.2, 0) is 6.42 Å². The first-order valence-corrected chi connectivity index (χ1v) is 7.02. The van der Waals surface area contributed by atoms with E-state index in [0.29, 0.717) is 5.92 Å². The highest BCUT2D eigenvalue weighted by molar-refractivity contribution is 9.10. The number of fused-ring (bicyclic) bond motifs is 3. The monoisotopic (exact) mass is 292 g/mol. The highest BCUT2D eigenvalue weighted by Crippen LogP contribution is 2.35. The van der Waals surface area contributed by atoms with Crippen LogP contribution in [0.25, 0.3) is 5.65 Å². The molecule has 0 saturated heterocycles. The molecule has 1 aliphatic rings. The second kappa shape index (κ2) is 3.84. The minimum absolute atomic E-state index is 0.610. The van der Waals surface area contributed by atoms with Crippen LogP contribution in [0.15, 0.2) is 16.7 Å². The lowest BCUT2D eigenvalue weighted by molar-refractivity contribution is 0.437. The highest BCUT2D eigenvalue weighted by atomic mass is 79.9. The van der Waals surface area contributed by atoms with Gasteiger partial charge in [0.2, 0.25) is 0 Å². The van der Waals surface area contributed by atoms with Gasteiger partial charge >= 0.3 is 0 Å². The SMILES string of the molecule is Cc1cc2nc3c(n2cc1Br)C(C)CC(C)C3. The van der Waals surface area contributed by atoms with Crippen LogP contribution in [0.2, 0.25) is 0 Å². The summed E-state index contributed by atoms with van der Waals surface area (Å²) in [5.74, 6) is 1.37. The van der Waals surface area contributed by atoms with E-state index >= 15 is 0 Å². The molecular weight excluding hydrogens is 276 g/mol. The van der Waals surface area contributed by atoms with Gasteiger partial charge in [-0.3, -0.25) is 0 Å². The van der Waals surface area contributed by atoms with Crippen molar-refractivity contribution in [2.45, 2.75) is 39.5 Å². The number of nitrogens with zero attached hydrogens (tertiary/aromatic N) is 2. The van der Waals surface area contributed by atoms with Crippen LogP contribution in [0.4, 0.5) is 0 Å². The van der Waals surface area contributed by atoms with E-state index in [-0.39, 0.29) is 0 Å². The minimum atomic E-state index is 0.610. The number of pyridine rings is 1. The molecule has 0 aliphatic heterocycles. The van der Waals surface area contributed by atoms with E-state index in [0.717, 1.165) is 22.5 Å². The number of aryl methyl sites for hydroxylation is 1. The Balaban J connectivity index is 2.29. The van der Waals surface area contributed by atoms with Crippen LogP contribution >= 0.6 is 15.9 Å². The van der Waals surface area contributed by atoms with Crippen molar-refractivity contribution in [3.05, 3.63) is 33.7 Å². The van der Waals surface area contributed by atoms with Crippen LogP contribution in [0, 0.1) is 12.8 Å². The number of rotatable bonds is 0. The minimum Gasteiger partial charge on any atom is -0.302 e. The van der Waals surface area contributed by atoms with Crippen LogP contribution in [0.3, 0.4) is 0 Å². The van der Waals surface area contributed by atoms with E-state index < -0.39 is 0 Å². The topological polar surface area (TPSA) is 17.3 Å². The number of hydrogen-bond donors (Lipinski definition) is 0. The Kier molecular flexibility index (Phi) is 2.54. The van der Waals surface area contributed by atoms with Crippen molar-refractivity contribution in [1.29, 1.82) is 0 Å². The van der Waals surface area contributed by atoms with Gasteiger partial charge in [0.15, 0.2) is 0 Å². The van der Waals surface area contributed by atoms with E-state index in [1.165, 1.54) is 23.4 Å². The summed E-state index contributed by atoms with van der Waals surface area (Å²) in [5.41, 5.74) is 5.06. The van der Waals surface area contributed by atoms with E-state index in [1.54, 1.807) is 0 Å². The Labute approximate surface area is 110 Å². The Morgan fingerprint density at radius 3 is 2.94 bits per heavy atom. The lowest BCUT2D eigenvalue weighted by Crippen LogP contribution is -2.15. The molecule has 0 radical (unpaired) electrons. The smallest absolute Gasteiger partial charge is 0.137 e. The summed E-state index contributed by atoms with van der Waals surface area (Å²) < 4.78 is 3.43. The van der Waals surface area contributed by atoms with Crippen molar-refractivity contribution in [2.75, 3.05) is 0 Å². The molecule has 17 heavy (non-hydrogen) atoms. The van der Waals surface area contributed by atoms with Crippen molar-refractivity contribution >= 4 is 21.6 Å². The number of halogens is 1. The third-order valence-corrected chi connectivity index (χ3v) is 4.61. The summed E-state index contributed by atoms with van der Waals surface area (Å²) in [4.78, 5) is 4.80. The summed E-state index contributed by atoms with van der Waals surface area (Å²) in [7, 11) is 0. The van der Waals surface area contributed by atoms with Crippen LogP contribution < -0.4 is 0 Å². The van der Waals surface area contributed by atoms with Crippen molar-refractivity contribution in [3.63, 3.8) is 0 Å². The zero-order chi connectivity index (χ0) is 12.2. The predicted molar refractivity (Wildman–Crippen MR) is 73.5 cm³/mol. The summed E-state index contributed by atoms with van der Waals surface area (Å²) in [6.07, 6.45) is 4.56. The van der Waals surface area contributed by atoms with E-state index in [1.807, 2.05) is 0 Å². The molecule has 90 valence electrons. The molecule has 2 atom stereocenters. The number of hydrogen-bond acceptors (Lipinski definition) is 1. The number of imidazole rings is 1. The van der Waals surface area contributed by atoms with Gasteiger partial charge in [0, 0.05) is 16.4 Å². The van der Waals surface area contributed by atoms with Gasteiger partial charge in [-0.1, -0.05) is 13.8 Å². The molecule has 0 amide bonds. The molecule has 0 spiro atoms. The highest BCUT2D eigenvalue weighted by Gasteiger charge is 2.26. The normalized spacial score (nSPS) is 24.0. The first kappa shape index (κ1) is 11.3. The van der Waals surface area contributed by atoms with Gasteiger partial charge in [-0.25, -0.2) is 4.98 Å². The molecular formula is C14H17BrN2. The second-order valence-electron chi connectivity index (χ2n) is 5.42. The van der Waals surface area contributed by atoms with Crippen LogP contribution in [0.5, 0.6) is 0 Å². The fourth-order valence-electron chi connectivity index (χ4n) is 3.03. The van der Waals surface area contributed by atoms with Crippen molar-refractivity contribution in [1.82, 2.24) is 9.38 Å². The second-order valence-corrected chi connectivity index (χ2v) is 6.28. The summed E-state index contributed by atoms with van der Waals surface area (Å²) >= 11 is 3.61. The Hall–Kier alpha value is -0.830. The van der Waals surface area contributed by atoms with Crippen molar-refractivity contribution in [3.8, 4) is 0 Å². The quantitative estimate of drug-likeness (QED) is 0.715. The Morgan fingerprint density at radius 1 is 1.41 bits per heavy atom. The van der Waals surface area contributed by atoms with Crippen molar-refractivity contribution in [2.24, 2.45) is 5.92 Å². The molecule has 0 aromatic carbocycles. The maximum atomic E-state index is 4.80. The fourth-order valence-corrected chi connectivity index (χ4v) is 3.35. The average molecular weight is 293 g/mol. The molecule has 0 N–H and O–H groups in total. The first-order valence-electron chi connectivity index (χ1n) is 6.23. The van der Waals surface area contributed by atoms with Gasteiger partial charge in [0.25, 0.3) is 0 Å². The standard InChI is InChI=1S/C14H17BrN2/c1-8-4-10(3)14-12(5-8)16-13-6-9(2)11(15)7-17(13)14/h6-8,10H,4-5H2,1-3H3. The maximum Gasteiger partial charge on any atom is 0.137 e. The van der Waals surface area contributed by atoms with E-state index in [4.69, 9.17) is 4.98 Å². The van der Waals surface area contributed by atoms with Gasteiger partial charge in [-0.05, 0) is 59.2 Å². The molecule has 2 unspecified atom stereocenters. The largest absolute Gasteiger partial charge is 0.302 e. The van der Waals surface area contributed by atoms with E-state index in [9.17, 15) is 0 Å². The molecule has 3 rings (SSSR count). The Bertz CT molecular complexity index is 585. The molecule has 1 aliphatic carbocycles. The summed E-state index contributed by atoms with van der Waals surface area (Å²) in [6, 6.07) is 2.17. The maximum absolute atomic E-state index is 4.80. The average Bonchev–Trinajstić information content (AvgIpc) is 2.56. The first-order chi connectivity index (χ1) is 8.06. The Morgan fingerprint density at radius 2 is 2.18 bits per heavy atom. The predicted octanol–water partition coefficient (Wildman–Crippen LogP) is 4.09. The van der Waals surface area contributed by atoms with Gasteiger partial charge in [-0.2, -0.15) is 0 Å². The molecule has 2 nitrogen and oxygen atoms in total. The lowest BCUT2D eigenvalue weighted by Gasteiger charge is -2.23. The van der Waals surface area contributed by atoms with Crippen LogP contribution in [-0.4, -0.2) is 9.38 Å². The summed E-state index contributed by atoms with van der Waals surface area (Å²) in [5, 5.41) is 0. The molecule has 2 aromatic rings. The zero-order valence-electron chi connectivity index (χ0n) is 10.5. The zero-order valence-corrected chi connectivity index (χ0v) is 12.1. The summed E-state index contributed by atoms with van der Waals surface area (Å²) in [6.45, 7) is 6.75.